The molecule has 0 spiro atoms. The highest BCUT2D eigenvalue weighted by Gasteiger charge is 2.24. The molecule has 32 heavy (non-hydrogen) atoms. The van der Waals surface area contributed by atoms with Gasteiger partial charge in [-0.05, 0) is 73.0 Å². The number of hydrogen-bond acceptors (Lipinski definition) is 4. The van der Waals surface area contributed by atoms with Crippen LogP contribution in [-0.4, -0.2) is 11.1 Å². The highest BCUT2D eigenvalue weighted by Crippen LogP contribution is 2.29. The molecular formula is C25H22F2N2O2S. The molecule has 0 bridgehead atoms. The number of nitrogens with zero attached hydrogens (tertiary/aromatic N) is 1. The Labute approximate surface area is 189 Å². The number of rotatable bonds is 4. The van der Waals surface area contributed by atoms with Crippen LogP contribution in [0.15, 0.2) is 84.4 Å². The van der Waals surface area contributed by atoms with Crippen LogP contribution in [-0.2, 0) is 10.3 Å². The van der Waals surface area contributed by atoms with Crippen molar-refractivity contribution in [1.82, 2.24) is 4.98 Å². The molecule has 0 aliphatic heterocycles. The van der Waals surface area contributed by atoms with Gasteiger partial charge < -0.3 is 10.5 Å². The first-order valence-corrected chi connectivity index (χ1v) is 10.6. The third-order valence-corrected chi connectivity index (χ3v) is 5.44. The molecule has 1 aromatic heterocycles. The predicted molar refractivity (Wildman–Crippen MR) is 123 cm³/mol. The minimum Gasteiger partial charge on any atom is -0.439 e. The van der Waals surface area contributed by atoms with E-state index in [9.17, 15) is 13.6 Å². The molecule has 0 aliphatic carbocycles. The molecule has 164 valence electrons. The van der Waals surface area contributed by atoms with Crippen LogP contribution >= 0.6 is 11.3 Å². The number of ether oxygens (including phenoxy) is 1. The smallest absolute Gasteiger partial charge is 0.405 e. The van der Waals surface area contributed by atoms with E-state index in [-0.39, 0.29) is 11.6 Å². The molecular weight excluding hydrogens is 430 g/mol. The van der Waals surface area contributed by atoms with Crippen molar-refractivity contribution in [3.63, 3.8) is 0 Å². The molecule has 2 N–H and O–H groups in total. The molecule has 7 heteroatoms. The summed E-state index contributed by atoms with van der Waals surface area (Å²) in [7, 11) is 0. The summed E-state index contributed by atoms with van der Waals surface area (Å²) in [6.07, 6.45) is 0.922. The highest BCUT2D eigenvalue weighted by atomic mass is 32.1. The van der Waals surface area contributed by atoms with E-state index in [4.69, 9.17) is 10.5 Å². The van der Waals surface area contributed by atoms with Gasteiger partial charge in [-0.2, -0.15) is 0 Å². The van der Waals surface area contributed by atoms with E-state index in [1.807, 2.05) is 29.6 Å². The van der Waals surface area contributed by atoms with Crippen LogP contribution in [0.3, 0.4) is 0 Å². The first-order valence-electron chi connectivity index (χ1n) is 9.75. The van der Waals surface area contributed by atoms with Crippen LogP contribution in [0.4, 0.5) is 13.6 Å². The highest BCUT2D eigenvalue weighted by molar-refractivity contribution is 7.13. The fourth-order valence-corrected chi connectivity index (χ4v) is 3.63. The third-order valence-electron chi connectivity index (χ3n) is 4.61. The van der Waals surface area contributed by atoms with Crippen LogP contribution in [0.2, 0.25) is 0 Å². The van der Waals surface area contributed by atoms with Crippen LogP contribution in [0, 0.1) is 11.6 Å². The van der Waals surface area contributed by atoms with Crippen LogP contribution < -0.4 is 5.73 Å². The molecule has 3 aromatic carbocycles. The number of carbonyl (C=O) groups is 1. The molecule has 0 atom stereocenters. The molecule has 0 fully saturated rings. The van der Waals surface area contributed by atoms with Gasteiger partial charge in [-0.15, -0.1) is 11.3 Å². The fourth-order valence-electron chi connectivity index (χ4n) is 2.98. The molecule has 0 radical (unpaired) electrons. The van der Waals surface area contributed by atoms with Gasteiger partial charge in [0.25, 0.3) is 0 Å². The van der Waals surface area contributed by atoms with E-state index in [1.165, 1.54) is 24.3 Å². The summed E-state index contributed by atoms with van der Waals surface area (Å²) >= 11 is 1.55. The summed E-state index contributed by atoms with van der Waals surface area (Å²) in [6, 6.07) is 20.1. The number of primary amides is 1. The summed E-state index contributed by atoms with van der Waals surface area (Å²) < 4.78 is 30.6. The number of nitrogens with two attached hydrogens (primary N) is 1. The van der Waals surface area contributed by atoms with Crippen molar-refractivity contribution in [3.05, 3.63) is 102 Å². The topological polar surface area (TPSA) is 65.2 Å². The quantitative estimate of drug-likeness (QED) is 0.371. The second-order valence-corrected chi connectivity index (χ2v) is 8.26. The molecule has 1 amide bonds. The van der Waals surface area contributed by atoms with Crippen molar-refractivity contribution >= 4 is 17.4 Å². The number of hydrogen-bond donors (Lipinski definition) is 1. The average molecular weight is 453 g/mol. The summed E-state index contributed by atoms with van der Waals surface area (Å²) in [6.45, 7) is 3.53. The Kier molecular flexibility index (Phi) is 7.33. The van der Waals surface area contributed by atoms with E-state index >= 15 is 0 Å². The molecule has 4 rings (SSSR count). The lowest BCUT2D eigenvalue weighted by Crippen LogP contribution is -2.28. The van der Waals surface area contributed by atoms with Crippen molar-refractivity contribution in [3.8, 4) is 21.7 Å². The minimum absolute atomic E-state index is 0.213. The Bertz CT molecular complexity index is 1160. The Morgan fingerprint density at radius 1 is 0.906 bits per heavy atom. The Morgan fingerprint density at radius 3 is 2.03 bits per heavy atom. The summed E-state index contributed by atoms with van der Waals surface area (Å²) in [4.78, 5) is 15.1. The monoisotopic (exact) mass is 452 g/mol. The van der Waals surface area contributed by atoms with Crippen LogP contribution in [0.25, 0.3) is 21.7 Å². The van der Waals surface area contributed by atoms with E-state index in [0.717, 1.165) is 27.3 Å². The second kappa shape index (κ2) is 10.2. The number of halogens is 2. The zero-order valence-corrected chi connectivity index (χ0v) is 18.4. The van der Waals surface area contributed by atoms with Gasteiger partial charge in [-0.25, -0.2) is 18.6 Å². The van der Waals surface area contributed by atoms with Crippen molar-refractivity contribution in [2.45, 2.75) is 19.4 Å². The molecule has 4 nitrogen and oxygen atoms in total. The van der Waals surface area contributed by atoms with Gasteiger partial charge in [-0.1, -0.05) is 30.3 Å². The zero-order valence-electron chi connectivity index (χ0n) is 17.6. The number of thiazole rings is 1. The normalized spacial score (nSPS) is 10.8. The average Bonchev–Trinajstić information content (AvgIpc) is 3.29. The van der Waals surface area contributed by atoms with Gasteiger partial charge in [0.05, 0.1) is 0 Å². The van der Waals surface area contributed by atoms with E-state index in [1.54, 1.807) is 55.6 Å². The molecule has 0 saturated heterocycles. The maximum Gasteiger partial charge on any atom is 0.405 e. The summed E-state index contributed by atoms with van der Waals surface area (Å²) in [5.74, 6) is -0.488. The van der Waals surface area contributed by atoms with Crippen molar-refractivity contribution in [2.24, 2.45) is 5.73 Å². The third kappa shape index (κ3) is 6.21. The summed E-state index contributed by atoms with van der Waals surface area (Å²) in [5.41, 5.74) is 7.86. The predicted octanol–water partition coefficient (Wildman–Crippen LogP) is 6.77. The number of carbonyl (C=O) groups excluding carboxylic acids is 1. The van der Waals surface area contributed by atoms with Gasteiger partial charge >= 0.3 is 6.09 Å². The molecule has 0 saturated carbocycles. The first kappa shape index (κ1) is 23.1. The Hall–Kier alpha value is -3.58. The SMILES string of the molecule is CC(C)(OC(N)=O)c1cccc(-c2ccc(F)cc2)c1.Fc1ccc(-c2nccs2)cc1. The second-order valence-electron chi connectivity index (χ2n) is 7.36. The van der Waals surface area contributed by atoms with Crippen molar-refractivity contribution in [2.75, 3.05) is 0 Å². The Balaban J connectivity index is 0.000000204. The molecule has 0 unspecified atom stereocenters. The largest absolute Gasteiger partial charge is 0.439 e. The van der Waals surface area contributed by atoms with Gasteiger partial charge in [0.15, 0.2) is 0 Å². The maximum atomic E-state index is 12.9. The van der Waals surface area contributed by atoms with Crippen molar-refractivity contribution in [1.29, 1.82) is 0 Å². The van der Waals surface area contributed by atoms with E-state index < -0.39 is 11.7 Å². The lowest BCUT2D eigenvalue weighted by atomic mass is 9.94. The fraction of sp³-hybridized carbons (Fsp3) is 0.120. The standard InChI is InChI=1S/C16H16FNO2.C9H6FNS/c1-16(2,20-15(18)19)13-5-3-4-12(10-13)11-6-8-14(17)9-7-11;10-8-3-1-7(2-4-8)9-11-5-6-12-9/h3-10H,1-2H3,(H2,18,19);1-6H. The molecule has 0 aliphatic rings. The number of benzene rings is 3. The zero-order chi connectivity index (χ0) is 23.1. The number of aromatic nitrogens is 1. The number of amides is 1. The lowest BCUT2D eigenvalue weighted by molar-refractivity contribution is 0.0433. The molecule has 4 aromatic rings. The van der Waals surface area contributed by atoms with E-state index in [0.29, 0.717) is 0 Å². The molecule has 1 heterocycles. The minimum atomic E-state index is -0.818. The first-order chi connectivity index (χ1) is 15.2. The van der Waals surface area contributed by atoms with Gasteiger partial charge in [0.1, 0.15) is 22.2 Å². The van der Waals surface area contributed by atoms with Crippen LogP contribution in [0.1, 0.15) is 19.4 Å². The summed E-state index contributed by atoms with van der Waals surface area (Å²) in [5, 5.41) is 2.83. The van der Waals surface area contributed by atoms with Gasteiger partial charge in [-0.3, -0.25) is 0 Å². The lowest BCUT2D eigenvalue weighted by Gasteiger charge is -2.25. The van der Waals surface area contributed by atoms with Crippen molar-refractivity contribution < 1.29 is 18.3 Å². The Morgan fingerprint density at radius 2 is 1.50 bits per heavy atom. The van der Waals surface area contributed by atoms with Gasteiger partial charge in [0.2, 0.25) is 0 Å². The van der Waals surface area contributed by atoms with E-state index in [2.05, 4.69) is 4.98 Å². The maximum absolute atomic E-state index is 12.9. The van der Waals surface area contributed by atoms with Crippen LogP contribution in [0.5, 0.6) is 0 Å². The van der Waals surface area contributed by atoms with Gasteiger partial charge in [0, 0.05) is 17.1 Å².